The summed E-state index contributed by atoms with van der Waals surface area (Å²) in [7, 11) is 0. The lowest BCUT2D eigenvalue weighted by Gasteiger charge is -2.11. The van der Waals surface area contributed by atoms with Crippen LogP contribution in [0.15, 0.2) is 58.1 Å². The number of nitrogens with one attached hydrogen (secondary N) is 1. The molecule has 136 valence electrons. The van der Waals surface area contributed by atoms with Crippen LogP contribution in [0.1, 0.15) is 22.5 Å². The first-order valence-electron chi connectivity index (χ1n) is 8.63. The van der Waals surface area contributed by atoms with Gasteiger partial charge in [-0.2, -0.15) is 5.10 Å². The average Bonchev–Trinajstić information content (AvgIpc) is 3.18. The third-order valence-electron chi connectivity index (χ3n) is 4.54. The average molecular weight is 439 g/mol. The van der Waals surface area contributed by atoms with Crippen molar-refractivity contribution in [3.63, 3.8) is 0 Å². The largest absolute Gasteiger partial charge is 0.318 e. The van der Waals surface area contributed by atoms with Gasteiger partial charge in [0.15, 0.2) is 0 Å². The molecule has 2 heterocycles. The minimum atomic E-state index is 0.795. The molecular formula is C21H19BrN4S. The van der Waals surface area contributed by atoms with E-state index in [2.05, 4.69) is 87.1 Å². The van der Waals surface area contributed by atoms with Gasteiger partial charge in [-0.1, -0.05) is 45.5 Å². The van der Waals surface area contributed by atoms with Gasteiger partial charge in [-0.25, -0.2) is 4.98 Å². The number of para-hydroxylation sites is 1. The lowest BCUT2D eigenvalue weighted by atomic mass is 10.2. The normalized spacial score (nSPS) is 11.6. The van der Waals surface area contributed by atoms with E-state index in [9.17, 15) is 0 Å². The predicted octanol–water partition coefficient (Wildman–Crippen LogP) is 6.22. The Labute approximate surface area is 170 Å². The number of aromatic nitrogens is 2. The van der Waals surface area contributed by atoms with Crippen LogP contribution in [0.3, 0.4) is 0 Å². The second kappa shape index (κ2) is 7.29. The highest BCUT2D eigenvalue weighted by Crippen LogP contribution is 2.26. The van der Waals surface area contributed by atoms with E-state index in [4.69, 9.17) is 0 Å². The molecule has 4 nitrogen and oxygen atoms in total. The van der Waals surface area contributed by atoms with Gasteiger partial charge in [0.1, 0.15) is 0 Å². The Bertz CT molecular complexity index is 1120. The fraction of sp³-hybridized carbons (Fsp3) is 0.143. The summed E-state index contributed by atoms with van der Waals surface area (Å²) in [4.78, 5) is 4.54. The molecule has 0 unspecified atom stereocenters. The lowest BCUT2D eigenvalue weighted by Crippen LogP contribution is -2.00. The molecule has 0 amide bonds. The number of thiazole rings is 1. The minimum absolute atomic E-state index is 0.795. The van der Waals surface area contributed by atoms with Crippen molar-refractivity contribution in [2.45, 2.75) is 20.8 Å². The highest BCUT2D eigenvalue weighted by atomic mass is 79.9. The van der Waals surface area contributed by atoms with Crippen molar-refractivity contribution in [3.8, 4) is 5.69 Å². The van der Waals surface area contributed by atoms with Crippen molar-refractivity contribution in [3.05, 3.63) is 75.5 Å². The topological polar surface area (TPSA) is 42.2 Å². The molecule has 1 N–H and O–H groups in total. The molecule has 0 saturated carbocycles. The first-order valence-corrected chi connectivity index (χ1v) is 10.2. The number of hydrogen-bond acceptors (Lipinski definition) is 4. The number of halogens is 1. The van der Waals surface area contributed by atoms with Gasteiger partial charge in [0.2, 0.25) is 5.13 Å². The molecule has 4 rings (SSSR count). The third-order valence-corrected chi connectivity index (χ3v) is 6.34. The van der Waals surface area contributed by atoms with Crippen molar-refractivity contribution >= 4 is 48.8 Å². The van der Waals surface area contributed by atoms with E-state index in [-0.39, 0.29) is 0 Å². The quantitative estimate of drug-likeness (QED) is 0.303. The summed E-state index contributed by atoms with van der Waals surface area (Å²) in [6, 6.07) is 16.6. The zero-order chi connectivity index (χ0) is 19.0. The SMILES string of the molecule is Cc1ccc(-n2c(C)cc(/C=N/Nc3nc4ccccc4s3)c2C)cc1Br. The molecule has 4 aromatic rings. The molecule has 0 aliphatic carbocycles. The van der Waals surface area contributed by atoms with E-state index >= 15 is 0 Å². The smallest absolute Gasteiger partial charge is 0.204 e. The number of benzene rings is 2. The Morgan fingerprint density at radius 1 is 1.11 bits per heavy atom. The molecule has 0 saturated heterocycles. The summed E-state index contributed by atoms with van der Waals surface area (Å²) in [5.41, 5.74) is 9.81. The van der Waals surface area contributed by atoms with E-state index in [1.54, 1.807) is 11.3 Å². The summed E-state index contributed by atoms with van der Waals surface area (Å²) in [6.45, 7) is 6.31. The number of rotatable bonds is 4. The molecular weight excluding hydrogens is 420 g/mol. The lowest BCUT2D eigenvalue weighted by molar-refractivity contribution is 0.962. The van der Waals surface area contributed by atoms with Crippen LogP contribution in [0.2, 0.25) is 0 Å². The van der Waals surface area contributed by atoms with E-state index in [0.717, 1.165) is 36.8 Å². The highest BCUT2D eigenvalue weighted by Gasteiger charge is 2.10. The summed E-state index contributed by atoms with van der Waals surface area (Å²) >= 11 is 5.22. The molecule has 2 aromatic heterocycles. The zero-order valence-electron chi connectivity index (χ0n) is 15.3. The Balaban J connectivity index is 1.59. The Morgan fingerprint density at radius 2 is 1.93 bits per heavy atom. The van der Waals surface area contributed by atoms with Crippen LogP contribution < -0.4 is 5.43 Å². The molecule has 0 bridgehead atoms. The van der Waals surface area contributed by atoms with E-state index in [0.29, 0.717) is 0 Å². The van der Waals surface area contributed by atoms with Crippen molar-refractivity contribution < 1.29 is 0 Å². The maximum atomic E-state index is 4.54. The van der Waals surface area contributed by atoms with Crippen LogP contribution >= 0.6 is 27.3 Å². The first kappa shape index (κ1) is 17.9. The number of anilines is 1. The van der Waals surface area contributed by atoms with Crippen molar-refractivity contribution in [1.29, 1.82) is 0 Å². The van der Waals surface area contributed by atoms with Crippen molar-refractivity contribution in [1.82, 2.24) is 9.55 Å². The van der Waals surface area contributed by atoms with Gasteiger partial charge in [0, 0.05) is 27.1 Å². The number of hydrazone groups is 1. The molecule has 0 radical (unpaired) electrons. The van der Waals surface area contributed by atoms with Gasteiger partial charge in [0.25, 0.3) is 0 Å². The Morgan fingerprint density at radius 3 is 2.70 bits per heavy atom. The molecule has 0 atom stereocenters. The third kappa shape index (κ3) is 3.55. The van der Waals surface area contributed by atoms with Crippen molar-refractivity contribution in [2.24, 2.45) is 5.10 Å². The fourth-order valence-electron chi connectivity index (χ4n) is 3.11. The van der Waals surface area contributed by atoms with Crippen LogP contribution in [0.25, 0.3) is 15.9 Å². The molecule has 6 heteroatoms. The van der Waals surface area contributed by atoms with Gasteiger partial charge in [-0.15, -0.1) is 0 Å². The fourth-order valence-corrected chi connectivity index (χ4v) is 4.30. The van der Waals surface area contributed by atoms with Gasteiger partial charge in [-0.05, 0) is 56.7 Å². The molecule has 27 heavy (non-hydrogen) atoms. The summed E-state index contributed by atoms with van der Waals surface area (Å²) in [6.07, 6.45) is 1.86. The summed E-state index contributed by atoms with van der Waals surface area (Å²) in [5.74, 6) is 0. The maximum Gasteiger partial charge on any atom is 0.204 e. The maximum absolute atomic E-state index is 4.54. The summed E-state index contributed by atoms with van der Waals surface area (Å²) < 4.78 is 4.50. The van der Waals surface area contributed by atoms with E-state index < -0.39 is 0 Å². The zero-order valence-corrected chi connectivity index (χ0v) is 17.7. The monoisotopic (exact) mass is 438 g/mol. The Hall–Kier alpha value is -2.44. The minimum Gasteiger partial charge on any atom is -0.318 e. The molecule has 0 fully saturated rings. The van der Waals surface area contributed by atoms with Crippen LogP contribution in [0.5, 0.6) is 0 Å². The van der Waals surface area contributed by atoms with Crippen LogP contribution in [-0.2, 0) is 0 Å². The Kier molecular flexibility index (Phi) is 4.85. The molecule has 0 aliphatic heterocycles. The first-order chi connectivity index (χ1) is 13.0. The second-order valence-corrected chi connectivity index (χ2v) is 8.34. The van der Waals surface area contributed by atoms with Gasteiger partial charge in [-0.3, -0.25) is 5.43 Å². The number of hydrogen-bond donors (Lipinski definition) is 1. The molecule has 0 spiro atoms. The van der Waals surface area contributed by atoms with Gasteiger partial charge in [0.05, 0.1) is 16.4 Å². The second-order valence-electron chi connectivity index (χ2n) is 6.45. The molecule has 0 aliphatic rings. The van der Waals surface area contributed by atoms with Crippen LogP contribution in [0.4, 0.5) is 5.13 Å². The van der Waals surface area contributed by atoms with E-state index in [1.165, 1.54) is 11.3 Å². The number of aryl methyl sites for hydroxylation is 2. The number of nitrogens with zero attached hydrogens (tertiary/aromatic N) is 3. The predicted molar refractivity (Wildman–Crippen MR) is 119 cm³/mol. The highest BCUT2D eigenvalue weighted by molar-refractivity contribution is 9.10. The van der Waals surface area contributed by atoms with Gasteiger partial charge >= 0.3 is 0 Å². The van der Waals surface area contributed by atoms with E-state index in [1.807, 2.05) is 24.4 Å². The molecule has 2 aromatic carbocycles. The number of fused-ring (bicyclic) bond motifs is 1. The van der Waals surface area contributed by atoms with Crippen molar-refractivity contribution in [2.75, 3.05) is 5.43 Å². The van der Waals surface area contributed by atoms with Gasteiger partial charge < -0.3 is 4.57 Å². The van der Waals surface area contributed by atoms with Crippen LogP contribution in [-0.4, -0.2) is 15.8 Å². The van der Waals surface area contributed by atoms with Crippen LogP contribution in [0, 0.1) is 20.8 Å². The standard InChI is InChI=1S/C21H19BrN4S/c1-13-8-9-17(11-18(13)22)26-14(2)10-16(15(26)3)12-23-25-21-24-19-6-4-5-7-20(19)27-21/h4-12H,1-3H3,(H,24,25)/b23-12+. The summed E-state index contributed by atoms with van der Waals surface area (Å²) in [5, 5.41) is 5.19.